The molecule has 2 nitrogen and oxygen atoms in total. The Morgan fingerprint density at radius 2 is 2.00 bits per heavy atom. The highest BCUT2D eigenvalue weighted by atomic mass is 35.5. The fourth-order valence-corrected chi connectivity index (χ4v) is 3.53. The normalized spacial score (nSPS) is 16.5. The summed E-state index contributed by atoms with van der Waals surface area (Å²) < 4.78 is 12.3. The van der Waals surface area contributed by atoms with E-state index in [-0.39, 0.29) is 5.25 Å². The first-order chi connectivity index (χ1) is 7.95. The second kappa shape index (κ2) is 6.74. The SMILES string of the molecule is CNC(C)CC(C)S(=O)c1cc(Cl)ccc1Cl. The van der Waals surface area contributed by atoms with Gasteiger partial charge in [-0.05, 0) is 38.6 Å². The summed E-state index contributed by atoms with van der Waals surface area (Å²) in [6, 6.07) is 5.39. The van der Waals surface area contributed by atoms with Crippen molar-refractivity contribution in [3.63, 3.8) is 0 Å². The Morgan fingerprint density at radius 1 is 1.35 bits per heavy atom. The van der Waals surface area contributed by atoms with Crippen LogP contribution in [0.5, 0.6) is 0 Å². The van der Waals surface area contributed by atoms with Crippen LogP contribution >= 0.6 is 23.2 Å². The predicted molar refractivity (Wildman–Crippen MR) is 75.5 cm³/mol. The topological polar surface area (TPSA) is 29.1 Å². The highest BCUT2D eigenvalue weighted by molar-refractivity contribution is 7.85. The smallest absolute Gasteiger partial charge is 0.0591 e. The molecule has 3 unspecified atom stereocenters. The van der Waals surface area contributed by atoms with Crippen LogP contribution in [0.3, 0.4) is 0 Å². The molecule has 0 bridgehead atoms. The van der Waals surface area contributed by atoms with Crippen LogP contribution in [0.15, 0.2) is 23.1 Å². The minimum atomic E-state index is -1.13. The molecule has 0 aliphatic rings. The first-order valence-corrected chi connectivity index (χ1v) is 7.45. The van der Waals surface area contributed by atoms with E-state index >= 15 is 0 Å². The van der Waals surface area contributed by atoms with Crippen LogP contribution in [0.2, 0.25) is 10.0 Å². The zero-order valence-corrected chi connectivity index (χ0v) is 12.5. The van der Waals surface area contributed by atoms with Gasteiger partial charge in [0.2, 0.25) is 0 Å². The molecule has 1 N–H and O–H groups in total. The molecule has 17 heavy (non-hydrogen) atoms. The molecule has 0 spiro atoms. The molecule has 0 aliphatic carbocycles. The molecule has 0 fully saturated rings. The van der Waals surface area contributed by atoms with E-state index < -0.39 is 10.8 Å². The van der Waals surface area contributed by atoms with Crippen molar-refractivity contribution in [2.75, 3.05) is 7.05 Å². The number of halogens is 2. The summed E-state index contributed by atoms with van der Waals surface area (Å²) in [7, 11) is 0.767. The standard InChI is InChI=1S/C12H17Cl2NOS/c1-8(15-3)6-9(2)17(16)12-7-10(13)4-5-11(12)14/h4-5,7-9,15H,6H2,1-3H3. The highest BCUT2D eigenvalue weighted by Crippen LogP contribution is 2.26. The monoisotopic (exact) mass is 293 g/mol. The maximum absolute atomic E-state index is 12.3. The Hall–Kier alpha value is -0.0900. The van der Waals surface area contributed by atoms with E-state index in [1.54, 1.807) is 18.2 Å². The molecule has 96 valence electrons. The number of rotatable bonds is 5. The van der Waals surface area contributed by atoms with Gasteiger partial charge in [0.25, 0.3) is 0 Å². The van der Waals surface area contributed by atoms with Crippen molar-refractivity contribution in [1.82, 2.24) is 5.32 Å². The third kappa shape index (κ3) is 4.25. The molecular weight excluding hydrogens is 277 g/mol. The first kappa shape index (κ1) is 15.0. The van der Waals surface area contributed by atoms with E-state index in [1.165, 1.54) is 0 Å². The summed E-state index contributed by atoms with van der Waals surface area (Å²) in [6.07, 6.45) is 0.825. The minimum Gasteiger partial charge on any atom is -0.317 e. The zero-order chi connectivity index (χ0) is 13.0. The lowest BCUT2D eigenvalue weighted by Crippen LogP contribution is -2.27. The molecule has 0 saturated carbocycles. The summed E-state index contributed by atoms with van der Waals surface area (Å²) in [5.41, 5.74) is 0. The number of nitrogens with one attached hydrogen (secondary N) is 1. The maximum atomic E-state index is 12.3. The molecule has 1 aromatic rings. The zero-order valence-electron chi connectivity index (χ0n) is 10.2. The van der Waals surface area contributed by atoms with E-state index in [0.717, 1.165) is 6.42 Å². The van der Waals surface area contributed by atoms with Crippen molar-refractivity contribution in [2.45, 2.75) is 36.5 Å². The molecule has 0 heterocycles. The van der Waals surface area contributed by atoms with E-state index in [4.69, 9.17) is 23.2 Å². The molecule has 5 heteroatoms. The first-order valence-electron chi connectivity index (χ1n) is 5.48. The molecule has 3 atom stereocenters. The average molecular weight is 294 g/mol. The van der Waals surface area contributed by atoms with E-state index in [1.807, 2.05) is 14.0 Å². The quantitative estimate of drug-likeness (QED) is 0.900. The van der Waals surface area contributed by atoms with Gasteiger partial charge in [0.15, 0.2) is 0 Å². The van der Waals surface area contributed by atoms with Gasteiger partial charge >= 0.3 is 0 Å². The number of benzene rings is 1. The molecule has 0 saturated heterocycles. The Labute approximate surface area is 115 Å². The van der Waals surface area contributed by atoms with Crippen LogP contribution in [0, 0.1) is 0 Å². The Kier molecular flexibility index (Phi) is 5.93. The van der Waals surface area contributed by atoms with Gasteiger partial charge in [-0.15, -0.1) is 0 Å². The summed E-state index contributed by atoms with van der Waals surface area (Å²) in [6.45, 7) is 4.02. The van der Waals surface area contributed by atoms with Crippen LogP contribution in [0.25, 0.3) is 0 Å². The molecule has 1 rings (SSSR count). The Bertz CT molecular complexity index is 411. The third-order valence-electron chi connectivity index (χ3n) is 2.65. The Morgan fingerprint density at radius 3 is 2.59 bits per heavy atom. The lowest BCUT2D eigenvalue weighted by Gasteiger charge is -2.17. The molecule has 1 aromatic carbocycles. The fourth-order valence-electron chi connectivity index (χ4n) is 1.55. The number of hydrogen-bond donors (Lipinski definition) is 1. The second-order valence-corrected chi connectivity index (χ2v) is 6.79. The largest absolute Gasteiger partial charge is 0.317 e. The highest BCUT2D eigenvalue weighted by Gasteiger charge is 2.18. The van der Waals surface area contributed by atoms with Crippen molar-refractivity contribution >= 4 is 34.0 Å². The summed E-state index contributed by atoms with van der Waals surface area (Å²) >= 11 is 11.9. The number of hydrogen-bond acceptors (Lipinski definition) is 2. The van der Waals surface area contributed by atoms with Crippen molar-refractivity contribution in [2.24, 2.45) is 0 Å². The summed E-state index contributed by atoms with van der Waals surface area (Å²) in [5.74, 6) is 0. The van der Waals surface area contributed by atoms with Crippen molar-refractivity contribution in [3.05, 3.63) is 28.2 Å². The van der Waals surface area contributed by atoms with Crippen molar-refractivity contribution < 1.29 is 4.21 Å². The van der Waals surface area contributed by atoms with Gasteiger partial charge in [-0.3, -0.25) is 4.21 Å². The third-order valence-corrected chi connectivity index (χ3v) is 5.03. The average Bonchev–Trinajstić information content (AvgIpc) is 2.31. The van der Waals surface area contributed by atoms with Gasteiger partial charge in [0.05, 0.1) is 20.7 Å². The summed E-state index contributed by atoms with van der Waals surface area (Å²) in [4.78, 5) is 0.620. The molecule has 0 amide bonds. The van der Waals surface area contributed by atoms with Gasteiger partial charge in [-0.2, -0.15) is 0 Å². The van der Waals surface area contributed by atoms with E-state index in [0.29, 0.717) is 21.0 Å². The van der Waals surface area contributed by atoms with Crippen molar-refractivity contribution in [1.29, 1.82) is 0 Å². The van der Waals surface area contributed by atoms with Crippen LogP contribution in [0.4, 0.5) is 0 Å². The van der Waals surface area contributed by atoms with E-state index in [2.05, 4.69) is 12.2 Å². The molecule has 0 aromatic heterocycles. The Balaban J connectivity index is 2.85. The van der Waals surface area contributed by atoms with Gasteiger partial charge in [-0.1, -0.05) is 30.1 Å². The van der Waals surface area contributed by atoms with Gasteiger partial charge in [0.1, 0.15) is 0 Å². The van der Waals surface area contributed by atoms with Gasteiger partial charge in [0, 0.05) is 16.3 Å². The minimum absolute atomic E-state index is 0.0356. The fraction of sp³-hybridized carbons (Fsp3) is 0.500. The molecule has 0 radical (unpaired) electrons. The van der Waals surface area contributed by atoms with Gasteiger partial charge in [-0.25, -0.2) is 0 Å². The van der Waals surface area contributed by atoms with Crippen LogP contribution in [0.1, 0.15) is 20.3 Å². The summed E-state index contributed by atoms with van der Waals surface area (Å²) in [5, 5.41) is 4.24. The van der Waals surface area contributed by atoms with E-state index in [9.17, 15) is 4.21 Å². The molecule has 0 aliphatic heterocycles. The van der Waals surface area contributed by atoms with Crippen molar-refractivity contribution in [3.8, 4) is 0 Å². The molecular formula is C12H17Cl2NOS. The van der Waals surface area contributed by atoms with Crippen LogP contribution < -0.4 is 5.32 Å². The predicted octanol–water partition coefficient (Wildman–Crippen LogP) is 3.49. The van der Waals surface area contributed by atoms with Gasteiger partial charge < -0.3 is 5.32 Å². The lowest BCUT2D eigenvalue weighted by molar-refractivity contribution is 0.554. The lowest BCUT2D eigenvalue weighted by atomic mass is 10.2. The maximum Gasteiger partial charge on any atom is 0.0591 e. The van der Waals surface area contributed by atoms with Crippen LogP contribution in [-0.2, 0) is 10.8 Å². The van der Waals surface area contributed by atoms with Crippen LogP contribution in [-0.4, -0.2) is 22.5 Å². The second-order valence-electron chi connectivity index (χ2n) is 4.11.